The summed E-state index contributed by atoms with van der Waals surface area (Å²) in [6.07, 6.45) is -1.84. The van der Waals surface area contributed by atoms with E-state index in [0.717, 1.165) is 18.2 Å². The number of hydrogen-bond donors (Lipinski definition) is 1. The molecule has 1 aromatic rings. The Kier molecular flexibility index (Phi) is 3.58. The lowest BCUT2D eigenvalue weighted by Gasteiger charge is -2.19. The molecule has 1 nitrogen and oxygen atoms in total. The summed E-state index contributed by atoms with van der Waals surface area (Å²) < 4.78 is 23.9. The highest BCUT2D eigenvalue weighted by molar-refractivity contribution is 6.68. The second-order valence-electron chi connectivity index (χ2n) is 2.58. The van der Waals surface area contributed by atoms with E-state index < -0.39 is 27.1 Å². The van der Waals surface area contributed by atoms with Crippen molar-refractivity contribution in [2.75, 3.05) is 0 Å². The molecule has 0 radical (unpaired) electrons. The Bertz CT molecular complexity index is 318. The molecule has 6 heteroatoms. The van der Waals surface area contributed by atoms with Crippen molar-refractivity contribution in [1.82, 2.24) is 0 Å². The number of hydrogen-bond acceptors (Lipinski definition) is 1. The SMILES string of the molecule is OC(c1c(F)cccc1F)C(Cl)(Cl)Cl. The first-order chi connectivity index (χ1) is 6.34. The van der Waals surface area contributed by atoms with Crippen molar-refractivity contribution in [3.8, 4) is 0 Å². The molecule has 0 heterocycles. The molecule has 0 saturated heterocycles. The first-order valence-corrected chi connectivity index (χ1v) is 4.66. The highest BCUT2D eigenvalue weighted by Crippen LogP contribution is 2.41. The summed E-state index contributed by atoms with van der Waals surface area (Å²) in [5.74, 6) is -1.91. The number of benzene rings is 1. The van der Waals surface area contributed by atoms with Crippen LogP contribution in [-0.2, 0) is 0 Å². The minimum absolute atomic E-state index is 0.646. The van der Waals surface area contributed by atoms with Gasteiger partial charge in [-0.05, 0) is 12.1 Å². The van der Waals surface area contributed by atoms with Gasteiger partial charge < -0.3 is 5.11 Å². The fourth-order valence-electron chi connectivity index (χ4n) is 0.936. The number of rotatable bonds is 1. The van der Waals surface area contributed by atoms with Crippen molar-refractivity contribution in [2.24, 2.45) is 0 Å². The second kappa shape index (κ2) is 4.19. The molecule has 1 rings (SSSR count). The molecule has 1 N–H and O–H groups in total. The molecule has 1 aromatic carbocycles. The van der Waals surface area contributed by atoms with Gasteiger partial charge in [-0.25, -0.2) is 8.78 Å². The zero-order valence-corrected chi connectivity index (χ0v) is 8.91. The van der Waals surface area contributed by atoms with Crippen LogP contribution in [0.25, 0.3) is 0 Å². The molecule has 1 unspecified atom stereocenters. The summed E-state index contributed by atoms with van der Waals surface area (Å²) in [7, 11) is 0. The maximum absolute atomic E-state index is 13.1. The molecule has 78 valence electrons. The molecule has 0 saturated carbocycles. The van der Waals surface area contributed by atoms with Gasteiger partial charge in [0, 0.05) is 0 Å². The van der Waals surface area contributed by atoms with Gasteiger partial charge in [-0.15, -0.1) is 0 Å². The van der Waals surface area contributed by atoms with Gasteiger partial charge in [0.15, 0.2) is 0 Å². The molecular formula is C8H5Cl3F2O. The van der Waals surface area contributed by atoms with Crippen LogP contribution < -0.4 is 0 Å². The summed E-state index contributed by atoms with van der Waals surface area (Å²) in [5, 5.41) is 9.34. The predicted octanol–water partition coefficient (Wildman–Crippen LogP) is 3.37. The van der Waals surface area contributed by atoms with Crippen molar-refractivity contribution < 1.29 is 13.9 Å². The lowest BCUT2D eigenvalue weighted by atomic mass is 10.1. The van der Waals surface area contributed by atoms with Crippen LogP contribution in [0, 0.1) is 11.6 Å². The van der Waals surface area contributed by atoms with E-state index in [-0.39, 0.29) is 0 Å². The fraction of sp³-hybridized carbons (Fsp3) is 0.250. The highest BCUT2D eigenvalue weighted by atomic mass is 35.6. The third-order valence-corrected chi connectivity index (χ3v) is 2.20. The van der Waals surface area contributed by atoms with Gasteiger partial charge in [0.05, 0.1) is 5.56 Å². The Labute approximate surface area is 94.2 Å². The van der Waals surface area contributed by atoms with Gasteiger partial charge in [-0.3, -0.25) is 0 Å². The van der Waals surface area contributed by atoms with Crippen LogP contribution in [0.15, 0.2) is 18.2 Å². The van der Waals surface area contributed by atoms with E-state index in [2.05, 4.69) is 0 Å². The van der Waals surface area contributed by atoms with Crippen LogP contribution in [0.4, 0.5) is 8.78 Å². The van der Waals surface area contributed by atoms with Crippen LogP contribution in [0.5, 0.6) is 0 Å². The molecule has 0 aromatic heterocycles. The van der Waals surface area contributed by atoms with Crippen LogP contribution in [0.3, 0.4) is 0 Å². The van der Waals surface area contributed by atoms with Crippen molar-refractivity contribution in [1.29, 1.82) is 0 Å². The third-order valence-electron chi connectivity index (χ3n) is 1.58. The molecule has 0 bridgehead atoms. The molecule has 0 aliphatic carbocycles. The molecule has 0 aliphatic rings. The van der Waals surface area contributed by atoms with Crippen molar-refractivity contribution in [2.45, 2.75) is 9.90 Å². The molecule has 0 fully saturated rings. The van der Waals surface area contributed by atoms with Gasteiger partial charge >= 0.3 is 0 Å². The van der Waals surface area contributed by atoms with E-state index in [1.54, 1.807) is 0 Å². The predicted molar refractivity (Wildman–Crippen MR) is 51.6 cm³/mol. The molecular weight excluding hydrogens is 256 g/mol. The van der Waals surface area contributed by atoms with Crippen molar-refractivity contribution >= 4 is 34.8 Å². The van der Waals surface area contributed by atoms with E-state index in [9.17, 15) is 13.9 Å². The van der Waals surface area contributed by atoms with Crippen LogP contribution in [-0.4, -0.2) is 8.90 Å². The first kappa shape index (κ1) is 12.0. The Hall–Kier alpha value is -0.0900. The first-order valence-electron chi connectivity index (χ1n) is 3.52. The zero-order valence-electron chi connectivity index (χ0n) is 6.65. The second-order valence-corrected chi connectivity index (χ2v) is 4.95. The number of aliphatic hydroxyl groups is 1. The van der Waals surface area contributed by atoms with Gasteiger partial charge in [0.25, 0.3) is 0 Å². The van der Waals surface area contributed by atoms with Crippen LogP contribution >= 0.6 is 34.8 Å². The Morgan fingerprint density at radius 3 is 1.93 bits per heavy atom. The number of aliphatic hydroxyl groups excluding tert-OH is 1. The molecule has 0 spiro atoms. The van der Waals surface area contributed by atoms with Gasteiger partial charge in [0.2, 0.25) is 3.79 Å². The van der Waals surface area contributed by atoms with Gasteiger partial charge in [0.1, 0.15) is 17.7 Å². The molecule has 1 atom stereocenters. The summed E-state index contributed by atoms with van der Waals surface area (Å²) in [6.45, 7) is 0. The average molecular weight is 261 g/mol. The van der Waals surface area contributed by atoms with E-state index in [0.29, 0.717) is 0 Å². The van der Waals surface area contributed by atoms with E-state index in [1.165, 1.54) is 0 Å². The molecule has 0 amide bonds. The quantitative estimate of drug-likeness (QED) is 0.769. The maximum Gasteiger partial charge on any atom is 0.220 e. The van der Waals surface area contributed by atoms with Crippen LogP contribution in [0.2, 0.25) is 0 Å². The number of halogens is 5. The molecule has 0 aliphatic heterocycles. The fourth-order valence-corrected chi connectivity index (χ4v) is 1.26. The van der Waals surface area contributed by atoms with E-state index in [1.807, 2.05) is 0 Å². The summed E-state index contributed by atoms with van der Waals surface area (Å²) in [4.78, 5) is 0. The summed E-state index contributed by atoms with van der Waals surface area (Å²) >= 11 is 15.9. The largest absolute Gasteiger partial charge is 0.384 e. The molecule has 14 heavy (non-hydrogen) atoms. The lowest BCUT2D eigenvalue weighted by Crippen LogP contribution is -2.19. The number of alkyl halides is 3. The third kappa shape index (κ3) is 2.48. The minimum Gasteiger partial charge on any atom is -0.384 e. The summed E-state index contributed by atoms with van der Waals surface area (Å²) in [6, 6.07) is 3.09. The Morgan fingerprint density at radius 1 is 1.14 bits per heavy atom. The lowest BCUT2D eigenvalue weighted by molar-refractivity contribution is 0.172. The Morgan fingerprint density at radius 2 is 1.57 bits per heavy atom. The van der Waals surface area contributed by atoms with Crippen molar-refractivity contribution in [3.05, 3.63) is 35.4 Å². The minimum atomic E-state index is -2.16. The van der Waals surface area contributed by atoms with Crippen LogP contribution in [0.1, 0.15) is 11.7 Å². The standard InChI is InChI=1S/C8H5Cl3F2O/c9-8(10,11)7(14)6-4(12)2-1-3-5(6)13/h1-3,7,14H. The highest BCUT2D eigenvalue weighted by Gasteiger charge is 2.35. The monoisotopic (exact) mass is 260 g/mol. The van der Waals surface area contributed by atoms with Gasteiger partial charge in [-0.2, -0.15) is 0 Å². The normalized spacial score (nSPS) is 14.1. The van der Waals surface area contributed by atoms with Crippen molar-refractivity contribution in [3.63, 3.8) is 0 Å². The topological polar surface area (TPSA) is 20.2 Å². The Balaban J connectivity index is 3.19. The van der Waals surface area contributed by atoms with E-state index >= 15 is 0 Å². The maximum atomic E-state index is 13.1. The smallest absolute Gasteiger partial charge is 0.220 e. The van der Waals surface area contributed by atoms with E-state index in [4.69, 9.17) is 34.8 Å². The summed E-state index contributed by atoms with van der Waals surface area (Å²) in [5.41, 5.74) is -0.646. The van der Waals surface area contributed by atoms with Gasteiger partial charge in [-0.1, -0.05) is 40.9 Å². The average Bonchev–Trinajstić information content (AvgIpc) is 2.01. The zero-order chi connectivity index (χ0) is 10.9.